The summed E-state index contributed by atoms with van der Waals surface area (Å²) >= 11 is 0. The number of hydrogen-bond acceptors (Lipinski definition) is 4. The van der Waals surface area contributed by atoms with E-state index < -0.39 is 0 Å². The Morgan fingerprint density at radius 2 is 2.05 bits per heavy atom. The molecule has 4 heteroatoms. The van der Waals surface area contributed by atoms with Crippen molar-refractivity contribution < 1.29 is 19.0 Å². The van der Waals surface area contributed by atoms with Gasteiger partial charge in [-0.15, -0.1) is 0 Å². The van der Waals surface area contributed by atoms with Gasteiger partial charge in [-0.05, 0) is 51.9 Å². The Balaban J connectivity index is 1.79. The monoisotopic (exact) mass is 294 g/mol. The number of ether oxygens (including phenoxy) is 3. The van der Waals surface area contributed by atoms with Crippen LogP contribution in [0.4, 0.5) is 0 Å². The third-order valence-corrected chi connectivity index (χ3v) is 5.50. The third kappa shape index (κ3) is 2.53. The fourth-order valence-corrected chi connectivity index (χ4v) is 4.56. The number of hydrogen-bond donors (Lipinski definition) is 0. The number of carbonyl (C=O) groups excluding carboxylic acids is 1. The maximum Gasteiger partial charge on any atom is 0.333 e. The second-order valence-corrected chi connectivity index (χ2v) is 7.06. The topological polar surface area (TPSA) is 44.8 Å². The summed E-state index contributed by atoms with van der Waals surface area (Å²) in [5.74, 6) is 0.0627. The maximum absolute atomic E-state index is 12.1. The summed E-state index contributed by atoms with van der Waals surface area (Å²) < 4.78 is 17.6. The van der Waals surface area contributed by atoms with Crippen molar-refractivity contribution in [1.29, 1.82) is 0 Å². The van der Waals surface area contributed by atoms with Crippen molar-refractivity contribution in [2.24, 2.45) is 5.92 Å². The van der Waals surface area contributed by atoms with Crippen molar-refractivity contribution in [2.45, 2.75) is 69.2 Å². The van der Waals surface area contributed by atoms with E-state index in [1.54, 1.807) is 14.0 Å². The lowest BCUT2D eigenvalue weighted by Crippen LogP contribution is -2.46. The Labute approximate surface area is 126 Å². The van der Waals surface area contributed by atoms with Crippen LogP contribution in [0.3, 0.4) is 0 Å². The van der Waals surface area contributed by atoms with Crippen molar-refractivity contribution in [3.05, 3.63) is 12.2 Å². The van der Waals surface area contributed by atoms with Gasteiger partial charge in [0.25, 0.3) is 0 Å². The first-order chi connectivity index (χ1) is 10.0. The summed E-state index contributed by atoms with van der Waals surface area (Å²) in [6, 6.07) is 0. The zero-order valence-electron chi connectivity index (χ0n) is 13.2. The molecule has 2 saturated heterocycles. The van der Waals surface area contributed by atoms with E-state index in [9.17, 15) is 4.79 Å². The highest BCUT2D eigenvalue weighted by Gasteiger charge is 2.60. The molecule has 1 saturated carbocycles. The molecule has 3 rings (SSSR count). The van der Waals surface area contributed by atoms with Gasteiger partial charge >= 0.3 is 5.97 Å². The summed E-state index contributed by atoms with van der Waals surface area (Å²) in [7, 11) is 1.73. The van der Waals surface area contributed by atoms with Gasteiger partial charge in [-0.25, -0.2) is 4.79 Å². The molecule has 3 atom stereocenters. The van der Waals surface area contributed by atoms with E-state index >= 15 is 0 Å². The Morgan fingerprint density at radius 3 is 2.67 bits per heavy atom. The third-order valence-electron chi connectivity index (χ3n) is 5.50. The van der Waals surface area contributed by atoms with Crippen LogP contribution in [0.5, 0.6) is 0 Å². The first kappa shape index (κ1) is 15.0. The number of fused-ring (bicyclic) bond motifs is 2. The minimum Gasteiger partial charge on any atom is -0.455 e. The molecular weight excluding hydrogens is 268 g/mol. The largest absolute Gasteiger partial charge is 0.455 e. The molecule has 2 bridgehead atoms. The van der Waals surface area contributed by atoms with Gasteiger partial charge in [0.2, 0.25) is 0 Å². The van der Waals surface area contributed by atoms with Gasteiger partial charge in [0.15, 0.2) is 0 Å². The maximum atomic E-state index is 12.1. The Bertz CT molecular complexity index is 438. The molecule has 0 N–H and O–H groups in total. The van der Waals surface area contributed by atoms with Crippen molar-refractivity contribution in [3.63, 3.8) is 0 Å². The van der Waals surface area contributed by atoms with E-state index in [4.69, 9.17) is 14.2 Å². The Hall–Kier alpha value is -0.870. The van der Waals surface area contributed by atoms with Gasteiger partial charge in [-0.2, -0.15) is 0 Å². The molecule has 0 aromatic rings. The van der Waals surface area contributed by atoms with Crippen LogP contribution in [0.15, 0.2) is 12.2 Å². The zero-order chi connectivity index (χ0) is 15.1. The van der Waals surface area contributed by atoms with Crippen LogP contribution >= 0.6 is 0 Å². The normalized spacial score (nSPS) is 36.9. The van der Waals surface area contributed by atoms with Crippen LogP contribution in [0.1, 0.15) is 51.9 Å². The van der Waals surface area contributed by atoms with Crippen molar-refractivity contribution in [1.82, 2.24) is 0 Å². The molecule has 3 fully saturated rings. The molecule has 118 valence electrons. The molecule has 3 unspecified atom stereocenters. The zero-order valence-corrected chi connectivity index (χ0v) is 13.2. The molecule has 2 aliphatic heterocycles. The molecule has 0 aromatic carbocycles. The number of methoxy groups -OCH3 is 1. The van der Waals surface area contributed by atoms with Gasteiger partial charge in [0.1, 0.15) is 5.60 Å². The van der Waals surface area contributed by atoms with Crippen LogP contribution in [0.2, 0.25) is 0 Å². The minimum atomic E-state index is -0.337. The molecule has 1 aliphatic carbocycles. The predicted molar refractivity (Wildman–Crippen MR) is 78.9 cm³/mol. The molecule has 0 aromatic heterocycles. The van der Waals surface area contributed by atoms with Gasteiger partial charge in [0, 0.05) is 18.6 Å². The van der Waals surface area contributed by atoms with Crippen molar-refractivity contribution >= 4 is 5.97 Å². The average molecular weight is 294 g/mol. The predicted octanol–water partition coefficient (Wildman–Crippen LogP) is 3.00. The summed E-state index contributed by atoms with van der Waals surface area (Å²) in [4.78, 5) is 12.1. The van der Waals surface area contributed by atoms with Gasteiger partial charge in [0.05, 0.1) is 18.3 Å². The lowest BCUT2D eigenvalue weighted by atomic mass is 9.72. The van der Waals surface area contributed by atoms with Crippen LogP contribution in [-0.4, -0.2) is 37.0 Å². The number of esters is 1. The van der Waals surface area contributed by atoms with Gasteiger partial charge in [-0.1, -0.05) is 6.58 Å². The van der Waals surface area contributed by atoms with E-state index in [-0.39, 0.29) is 23.3 Å². The average Bonchev–Trinajstić information content (AvgIpc) is 3.13. The van der Waals surface area contributed by atoms with E-state index in [1.165, 1.54) is 0 Å². The summed E-state index contributed by atoms with van der Waals surface area (Å²) in [5, 5.41) is 0. The minimum absolute atomic E-state index is 0.144. The standard InChI is InChI=1S/C17H26O4/c1-12(2)15(18)21-17(7-4-5-8-17)13-10-16(11-19-3)9-6-14(13)20-16/h13-14H,1,4-11H2,2-3H3. The van der Waals surface area contributed by atoms with Crippen LogP contribution < -0.4 is 0 Å². The quantitative estimate of drug-likeness (QED) is 0.577. The smallest absolute Gasteiger partial charge is 0.333 e. The van der Waals surface area contributed by atoms with Crippen molar-refractivity contribution in [3.8, 4) is 0 Å². The fraction of sp³-hybridized carbons (Fsp3) is 0.824. The number of carbonyl (C=O) groups is 1. The SMILES string of the molecule is C=C(C)C(=O)OC1(C2CC3(COC)CCC2O3)CCCC1. The van der Waals surface area contributed by atoms with E-state index in [1.807, 2.05) is 0 Å². The first-order valence-electron chi connectivity index (χ1n) is 8.06. The molecule has 3 aliphatic rings. The first-order valence-corrected chi connectivity index (χ1v) is 8.06. The molecule has 21 heavy (non-hydrogen) atoms. The molecule has 0 amide bonds. The fourth-order valence-electron chi connectivity index (χ4n) is 4.56. The van der Waals surface area contributed by atoms with Crippen LogP contribution in [0, 0.1) is 5.92 Å². The Kier molecular flexibility index (Phi) is 3.87. The second kappa shape index (κ2) is 5.40. The van der Waals surface area contributed by atoms with E-state index in [0.717, 1.165) is 44.9 Å². The number of rotatable bonds is 5. The molecule has 0 spiro atoms. The molecule has 0 radical (unpaired) electrons. The highest BCUT2D eigenvalue weighted by molar-refractivity contribution is 5.87. The second-order valence-electron chi connectivity index (χ2n) is 7.06. The van der Waals surface area contributed by atoms with Gasteiger partial charge < -0.3 is 14.2 Å². The summed E-state index contributed by atoms with van der Waals surface area (Å²) in [5.41, 5.74) is 0.00305. The summed E-state index contributed by atoms with van der Waals surface area (Å²) in [6.07, 6.45) is 7.46. The van der Waals surface area contributed by atoms with Crippen molar-refractivity contribution in [2.75, 3.05) is 13.7 Å². The van der Waals surface area contributed by atoms with E-state index in [2.05, 4.69) is 6.58 Å². The highest BCUT2D eigenvalue weighted by Crippen LogP contribution is 2.55. The van der Waals surface area contributed by atoms with E-state index in [0.29, 0.717) is 18.1 Å². The molecule has 2 heterocycles. The molecular formula is C17H26O4. The lowest BCUT2D eigenvalue weighted by Gasteiger charge is -2.39. The van der Waals surface area contributed by atoms with Gasteiger partial charge in [-0.3, -0.25) is 0 Å². The van der Waals surface area contributed by atoms with Crippen LogP contribution in [-0.2, 0) is 19.0 Å². The highest BCUT2D eigenvalue weighted by atomic mass is 16.6. The lowest BCUT2D eigenvalue weighted by molar-refractivity contribution is -0.163. The molecule has 4 nitrogen and oxygen atoms in total. The Morgan fingerprint density at radius 1 is 1.33 bits per heavy atom. The summed E-state index contributed by atoms with van der Waals surface area (Å²) in [6.45, 7) is 6.08. The van der Waals surface area contributed by atoms with Crippen LogP contribution in [0.25, 0.3) is 0 Å².